The summed E-state index contributed by atoms with van der Waals surface area (Å²) in [5, 5.41) is 5.61. The summed E-state index contributed by atoms with van der Waals surface area (Å²) < 4.78 is 40.0. The molecule has 0 aliphatic carbocycles. The predicted octanol–water partition coefficient (Wildman–Crippen LogP) is 5.05. The Morgan fingerprint density at radius 2 is 1.78 bits per heavy atom. The van der Waals surface area contributed by atoms with Gasteiger partial charge in [-0.3, -0.25) is 4.79 Å². The number of nitrogens with zero attached hydrogens (tertiary/aromatic N) is 2. The zero-order valence-corrected chi connectivity index (χ0v) is 14.3. The van der Waals surface area contributed by atoms with Gasteiger partial charge in [0.15, 0.2) is 0 Å². The van der Waals surface area contributed by atoms with Crippen molar-refractivity contribution in [3.63, 3.8) is 0 Å². The molecule has 1 N–H and O–H groups in total. The molecule has 4 aromatic rings. The first-order chi connectivity index (χ1) is 12.8. The number of halogens is 4. The lowest BCUT2D eigenvalue weighted by molar-refractivity contribution is -0.137. The van der Waals surface area contributed by atoms with Crippen molar-refractivity contribution in [1.29, 1.82) is 0 Å². The van der Waals surface area contributed by atoms with Crippen LogP contribution in [0.2, 0.25) is 5.02 Å². The molecule has 0 atom stereocenters. The molecule has 0 saturated heterocycles. The first-order valence-corrected chi connectivity index (χ1v) is 8.26. The molecule has 2 heterocycles. The van der Waals surface area contributed by atoms with Gasteiger partial charge in [0.2, 0.25) is 5.56 Å². The summed E-state index contributed by atoms with van der Waals surface area (Å²) in [5.74, 6) is 0. The number of pyridine rings is 1. The van der Waals surface area contributed by atoms with Gasteiger partial charge in [0.25, 0.3) is 0 Å². The van der Waals surface area contributed by atoms with Gasteiger partial charge < -0.3 is 4.98 Å². The van der Waals surface area contributed by atoms with E-state index in [4.69, 9.17) is 11.6 Å². The second-order valence-corrected chi connectivity index (χ2v) is 6.29. The molecule has 136 valence electrons. The number of hydrogen-bond donors (Lipinski definition) is 1. The van der Waals surface area contributed by atoms with E-state index < -0.39 is 11.7 Å². The predicted molar refractivity (Wildman–Crippen MR) is 97.1 cm³/mol. The van der Waals surface area contributed by atoms with Gasteiger partial charge in [-0.2, -0.15) is 18.3 Å². The minimum Gasteiger partial charge on any atom is -0.329 e. The summed E-state index contributed by atoms with van der Waals surface area (Å²) in [4.78, 5) is 14.2. The first-order valence-electron chi connectivity index (χ1n) is 7.88. The number of alkyl halides is 3. The molecule has 4 rings (SSSR count). The summed E-state index contributed by atoms with van der Waals surface area (Å²) in [6.45, 7) is 0. The zero-order valence-electron chi connectivity index (χ0n) is 13.6. The Bertz CT molecular complexity index is 1190. The number of fused-ring (bicyclic) bond motifs is 1. The van der Waals surface area contributed by atoms with Gasteiger partial charge in [-0.1, -0.05) is 23.7 Å². The lowest BCUT2D eigenvalue weighted by atomic mass is 10.1. The quantitative estimate of drug-likeness (QED) is 0.521. The number of benzene rings is 2. The number of nitrogens with one attached hydrogen (secondary N) is 1. The number of aromatic amines is 1. The Balaban J connectivity index is 1.95. The summed E-state index contributed by atoms with van der Waals surface area (Å²) in [6, 6.07) is 13.0. The van der Waals surface area contributed by atoms with Crippen LogP contribution < -0.4 is 5.56 Å². The van der Waals surface area contributed by atoms with Gasteiger partial charge in [0.05, 0.1) is 21.8 Å². The van der Waals surface area contributed by atoms with Crippen molar-refractivity contribution in [3.8, 4) is 16.9 Å². The van der Waals surface area contributed by atoms with Gasteiger partial charge in [-0.05, 0) is 36.4 Å². The van der Waals surface area contributed by atoms with Crippen LogP contribution >= 0.6 is 11.6 Å². The Labute approximate surface area is 155 Å². The van der Waals surface area contributed by atoms with Crippen LogP contribution in [-0.4, -0.2) is 14.8 Å². The van der Waals surface area contributed by atoms with Crippen LogP contribution in [0.4, 0.5) is 13.2 Å². The number of aromatic nitrogens is 3. The standard InChI is InChI=1S/C19H11ClF3N3O/c20-15-3-1-2-14-17(11-8-9-24-16(27)10-11)25-26(18(14)15)13-6-4-12(5-7-13)19(21,22)23/h1-10H,(H,24,27). The average molecular weight is 390 g/mol. The Morgan fingerprint density at radius 3 is 2.44 bits per heavy atom. The van der Waals surface area contributed by atoms with Crippen LogP contribution in [0.3, 0.4) is 0 Å². The average Bonchev–Trinajstić information content (AvgIpc) is 3.02. The highest BCUT2D eigenvalue weighted by molar-refractivity contribution is 6.35. The molecule has 2 aromatic heterocycles. The van der Waals surface area contributed by atoms with Crippen LogP contribution in [0.25, 0.3) is 27.8 Å². The van der Waals surface area contributed by atoms with Crippen LogP contribution in [0.5, 0.6) is 0 Å². The normalized spacial score (nSPS) is 11.9. The molecule has 0 fully saturated rings. The van der Waals surface area contributed by atoms with Crippen molar-refractivity contribution in [3.05, 3.63) is 81.7 Å². The minimum absolute atomic E-state index is 0.285. The van der Waals surface area contributed by atoms with Crippen molar-refractivity contribution < 1.29 is 13.2 Å². The maximum absolute atomic E-state index is 12.8. The Kier molecular flexibility index (Phi) is 4.04. The fraction of sp³-hybridized carbons (Fsp3) is 0.0526. The highest BCUT2D eigenvalue weighted by atomic mass is 35.5. The highest BCUT2D eigenvalue weighted by Gasteiger charge is 2.30. The maximum Gasteiger partial charge on any atom is 0.416 e. The number of hydrogen-bond acceptors (Lipinski definition) is 2. The fourth-order valence-electron chi connectivity index (χ4n) is 2.91. The summed E-state index contributed by atoms with van der Waals surface area (Å²) in [7, 11) is 0. The van der Waals surface area contributed by atoms with Crippen LogP contribution in [-0.2, 0) is 6.18 Å². The van der Waals surface area contributed by atoms with Gasteiger partial charge in [-0.15, -0.1) is 0 Å². The van der Waals surface area contributed by atoms with Crippen molar-refractivity contribution in [1.82, 2.24) is 14.8 Å². The van der Waals surface area contributed by atoms with E-state index in [0.29, 0.717) is 32.9 Å². The molecule has 0 amide bonds. The van der Waals surface area contributed by atoms with E-state index in [1.807, 2.05) is 0 Å². The number of rotatable bonds is 2. The summed E-state index contributed by atoms with van der Waals surface area (Å²) in [5.41, 5.74) is 1.04. The van der Waals surface area contributed by atoms with Gasteiger partial charge in [0.1, 0.15) is 5.69 Å². The lowest BCUT2D eigenvalue weighted by Crippen LogP contribution is -2.05. The van der Waals surface area contributed by atoms with Crippen molar-refractivity contribution in [2.24, 2.45) is 0 Å². The van der Waals surface area contributed by atoms with Gasteiger partial charge >= 0.3 is 6.18 Å². The molecule has 0 bridgehead atoms. The summed E-state index contributed by atoms with van der Waals surface area (Å²) >= 11 is 6.34. The largest absolute Gasteiger partial charge is 0.416 e. The molecule has 8 heteroatoms. The first kappa shape index (κ1) is 17.4. The molecule has 0 aliphatic heterocycles. The molecule has 27 heavy (non-hydrogen) atoms. The van der Waals surface area contributed by atoms with E-state index in [1.54, 1.807) is 24.3 Å². The molecular weight excluding hydrogens is 379 g/mol. The maximum atomic E-state index is 12.8. The molecule has 0 aliphatic rings. The fourth-order valence-corrected chi connectivity index (χ4v) is 3.16. The van der Waals surface area contributed by atoms with E-state index in [2.05, 4.69) is 10.1 Å². The highest BCUT2D eigenvalue weighted by Crippen LogP contribution is 2.34. The molecule has 4 nitrogen and oxygen atoms in total. The van der Waals surface area contributed by atoms with E-state index in [0.717, 1.165) is 12.1 Å². The second kappa shape index (κ2) is 6.28. The molecule has 0 radical (unpaired) electrons. The lowest BCUT2D eigenvalue weighted by Gasteiger charge is -2.08. The van der Waals surface area contributed by atoms with Gasteiger partial charge in [-0.25, -0.2) is 4.68 Å². The Morgan fingerprint density at radius 1 is 1.04 bits per heavy atom. The zero-order chi connectivity index (χ0) is 19.2. The molecule has 2 aromatic carbocycles. The second-order valence-electron chi connectivity index (χ2n) is 5.88. The SMILES string of the molecule is O=c1cc(-c2nn(-c3ccc(C(F)(F)F)cc3)c3c(Cl)cccc23)cc[nH]1. The van der Waals surface area contributed by atoms with E-state index in [9.17, 15) is 18.0 Å². The smallest absolute Gasteiger partial charge is 0.329 e. The Hall–Kier alpha value is -3.06. The number of para-hydroxylation sites is 1. The number of H-pyrrole nitrogens is 1. The summed E-state index contributed by atoms with van der Waals surface area (Å²) in [6.07, 6.45) is -2.91. The van der Waals surface area contributed by atoms with E-state index in [1.165, 1.54) is 29.1 Å². The van der Waals surface area contributed by atoms with Crippen LogP contribution in [0.15, 0.2) is 65.6 Å². The minimum atomic E-state index is -4.42. The van der Waals surface area contributed by atoms with Crippen LogP contribution in [0, 0.1) is 0 Å². The molecule has 0 unspecified atom stereocenters. The monoisotopic (exact) mass is 389 g/mol. The third kappa shape index (κ3) is 3.10. The molecule has 0 spiro atoms. The van der Waals surface area contributed by atoms with Crippen molar-refractivity contribution in [2.75, 3.05) is 0 Å². The van der Waals surface area contributed by atoms with Gasteiger partial charge in [0, 0.05) is 23.2 Å². The van der Waals surface area contributed by atoms with E-state index in [-0.39, 0.29) is 5.56 Å². The third-order valence-electron chi connectivity index (χ3n) is 4.14. The topological polar surface area (TPSA) is 50.7 Å². The molecule has 0 saturated carbocycles. The van der Waals surface area contributed by atoms with Crippen molar-refractivity contribution >= 4 is 22.5 Å². The van der Waals surface area contributed by atoms with Crippen molar-refractivity contribution in [2.45, 2.75) is 6.18 Å². The third-order valence-corrected chi connectivity index (χ3v) is 4.45. The van der Waals surface area contributed by atoms with Crippen LogP contribution in [0.1, 0.15) is 5.56 Å². The van der Waals surface area contributed by atoms with E-state index >= 15 is 0 Å². The molecular formula is C19H11ClF3N3O.